The first kappa shape index (κ1) is 10.4. The highest BCUT2D eigenvalue weighted by molar-refractivity contribution is 5.95. The molecule has 0 fully saturated rings. The van der Waals surface area contributed by atoms with Crippen molar-refractivity contribution < 1.29 is 14.3 Å². The van der Waals surface area contributed by atoms with Crippen LogP contribution in [0.25, 0.3) is 0 Å². The van der Waals surface area contributed by atoms with Gasteiger partial charge in [-0.2, -0.15) is 0 Å². The number of esters is 1. The molecule has 0 aliphatic heterocycles. The van der Waals surface area contributed by atoms with E-state index in [9.17, 15) is 4.79 Å². The van der Waals surface area contributed by atoms with E-state index in [0.29, 0.717) is 17.0 Å². The molecule has 4 nitrogen and oxygen atoms in total. The second kappa shape index (κ2) is 4.50. The summed E-state index contributed by atoms with van der Waals surface area (Å²) in [7, 11) is 4.67. The van der Waals surface area contributed by atoms with E-state index in [4.69, 9.17) is 4.74 Å². The second-order valence-corrected chi connectivity index (χ2v) is 2.65. The van der Waals surface area contributed by atoms with Crippen LogP contribution in [0.1, 0.15) is 10.4 Å². The summed E-state index contributed by atoms with van der Waals surface area (Å²) in [5.74, 6) is 0.332. The molecule has 1 aromatic rings. The van der Waals surface area contributed by atoms with E-state index in [1.807, 2.05) is 0 Å². The van der Waals surface area contributed by atoms with Crippen LogP contribution in [0.3, 0.4) is 0 Å². The third-order valence-electron chi connectivity index (χ3n) is 1.90. The molecule has 4 heteroatoms. The number of nitrogens with one attached hydrogen (secondary N) is 1. The molecule has 0 spiro atoms. The molecule has 0 saturated heterocycles. The van der Waals surface area contributed by atoms with Gasteiger partial charge in [0.05, 0.1) is 25.5 Å². The lowest BCUT2D eigenvalue weighted by atomic mass is 10.1. The van der Waals surface area contributed by atoms with Crippen molar-refractivity contribution in [2.45, 2.75) is 0 Å². The lowest BCUT2D eigenvalue weighted by Crippen LogP contribution is -2.05. The predicted molar refractivity (Wildman–Crippen MR) is 53.9 cm³/mol. The van der Waals surface area contributed by atoms with Crippen LogP contribution in [0.15, 0.2) is 18.2 Å². The van der Waals surface area contributed by atoms with Crippen LogP contribution in [0.2, 0.25) is 0 Å². The monoisotopic (exact) mass is 195 g/mol. The van der Waals surface area contributed by atoms with Crippen LogP contribution >= 0.6 is 0 Å². The van der Waals surface area contributed by atoms with E-state index in [1.54, 1.807) is 32.4 Å². The second-order valence-electron chi connectivity index (χ2n) is 2.65. The number of hydrogen-bond donors (Lipinski definition) is 1. The van der Waals surface area contributed by atoms with Gasteiger partial charge in [0.2, 0.25) is 0 Å². The van der Waals surface area contributed by atoms with Gasteiger partial charge in [0, 0.05) is 13.1 Å². The lowest BCUT2D eigenvalue weighted by Gasteiger charge is -2.08. The Kier molecular flexibility index (Phi) is 3.34. The maximum absolute atomic E-state index is 11.3. The fourth-order valence-corrected chi connectivity index (χ4v) is 1.15. The lowest BCUT2D eigenvalue weighted by molar-refractivity contribution is 0.0602. The van der Waals surface area contributed by atoms with Crippen molar-refractivity contribution in [2.24, 2.45) is 0 Å². The number of ether oxygens (including phenoxy) is 2. The standard InChI is InChI=1S/C10H13NO3/c1-11-9-6-7(13-2)4-5-8(9)10(12)14-3/h4-6,11H,1-3H3. The average Bonchev–Trinajstić information content (AvgIpc) is 2.27. The molecule has 0 aliphatic rings. The van der Waals surface area contributed by atoms with E-state index < -0.39 is 0 Å². The number of methoxy groups -OCH3 is 2. The van der Waals surface area contributed by atoms with Gasteiger partial charge in [-0.05, 0) is 12.1 Å². The highest BCUT2D eigenvalue weighted by Gasteiger charge is 2.11. The summed E-state index contributed by atoms with van der Waals surface area (Å²) in [6.45, 7) is 0. The van der Waals surface area contributed by atoms with E-state index in [1.165, 1.54) is 7.11 Å². The number of anilines is 1. The Hall–Kier alpha value is -1.71. The van der Waals surface area contributed by atoms with Crippen molar-refractivity contribution in [3.8, 4) is 5.75 Å². The van der Waals surface area contributed by atoms with Gasteiger partial charge in [0.1, 0.15) is 5.75 Å². The molecule has 1 N–H and O–H groups in total. The fourth-order valence-electron chi connectivity index (χ4n) is 1.15. The molecule has 0 radical (unpaired) electrons. The van der Waals surface area contributed by atoms with Gasteiger partial charge in [-0.1, -0.05) is 0 Å². The summed E-state index contributed by atoms with van der Waals surface area (Å²) < 4.78 is 9.67. The maximum Gasteiger partial charge on any atom is 0.339 e. The molecule has 0 heterocycles. The highest BCUT2D eigenvalue weighted by atomic mass is 16.5. The normalized spacial score (nSPS) is 9.36. The molecule has 1 rings (SSSR count). The molecule has 76 valence electrons. The minimum absolute atomic E-state index is 0.364. The maximum atomic E-state index is 11.3. The van der Waals surface area contributed by atoms with Gasteiger partial charge in [-0.25, -0.2) is 4.79 Å². The number of carbonyl (C=O) groups excluding carboxylic acids is 1. The summed E-state index contributed by atoms with van der Waals surface area (Å²) in [4.78, 5) is 11.3. The van der Waals surface area contributed by atoms with Crippen LogP contribution < -0.4 is 10.1 Å². The molecule has 0 unspecified atom stereocenters. The highest BCUT2D eigenvalue weighted by Crippen LogP contribution is 2.22. The number of carbonyl (C=O) groups is 1. The zero-order chi connectivity index (χ0) is 10.6. The molecular weight excluding hydrogens is 182 g/mol. The topological polar surface area (TPSA) is 47.6 Å². The molecule has 1 aromatic carbocycles. The summed E-state index contributed by atoms with van der Waals surface area (Å²) in [6.07, 6.45) is 0. The molecular formula is C10H13NO3. The number of benzene rings is 1. The van der Waals surface area contributed by atoms with Gasteiger partial charge >= 0.3 is 5.97 Å². The Morgan fingerprint density at radius 3 is 2.57 bits per heavy atom. The summed E-state index contributed by atoms with van der Waals surface area (Å²) in [5.41, 5.74) is 1.19. The van der Waals surface area contributed by atoms with E-state index in [-0.39, 0.29) is 5.97 Å². The molecule has 0 aromatic heterocycles. The van der Waals surface area contributed by atoms with Gasteiger partial charge < -0.3 is 14.8 Å². The van der Waals surface area contributed by atoms with Crippen LogP contribution in [0.4, 0.5) is 5.69 Å². The van der Waals surface area contributed by atoms with Crippen molar-refractivity contribution in [2.75, 3.05) is 26.6 Å². The van der Waals surface area contributed by atoms with Gasteiger partial charge in [-0.3, -0.25) is 0 Å². The Bertz CT molecular complexity index is 336. The number of rotatable bonds is 3. The van der Waals surface area contributed by atoms with E-state index in [0.717, 1.165) is 0 Å². The Balaban J connectivity index is 3.11. The fraction of sp³-hybridized carbons (Fsp3) is 0.300. The van der Waals surface area contributed by atoms with E-state index in [2.05, 4.69) is 10.1 Å². The number of hydrogen-bond acceptors (Lipinski definition) is 4. The van der Waals surface area contributed by atoms with Gasteiger partial charge in [0.15, 0.2) is 0 Å². The zero-order valence-corrected chi connectivity index (χ0v) is 8.46. The average molecular weight is 195 g/mol. The molecule has 14 heavy (non-hydrogen) atoms. The molecule has 0 amide bonds. The third-order valence-corrected chi connectivity index (χ3v) is 1.90. The van der Waals surface area contributed by atoms with Crippen molar-refractivity contribution in [1.82, 2.24) is 0 Å². The first-order valence-corrected chi connectivity index (χ1v) is 4.17. The first-order chi connectivity index (χ1) is 6.72. The predicted octanol–water partition coefficient (Wildman–Crippen LogP) is 1.52. The van der Waals surface area contributed by atoms with Crippen LogP contribution in [0.5, 0.6) is 5.75 Å². The molecule has 0 saturated carbocycles. The van der Waals surface area contributed by atoms with Crippen LogP contribution in [-0.4, -0.2) is 27.2 Å². The summed E-state index contributed by atoms with van der Waals surface area (Å²) >= 11 is 0. The summed E-state index contributed by atoms with van der Waals surface area (Å²) in [5, 5.41) is 2.90. The smallest absolute Gasteiger partial charge is 0.339 e. The third kappa shape index (κ3) is 1.96. The van der Waals surface area contributed by atoms with E-state index >= 15 is 0 Å². The van der Waals surface area contributed by atoms with Gasteiger partial charge in [-0.15, -0.1) is 0 Å². The Morgan fingerprint density at radius 2 is 2.07 bits per heavy atom. The van der Waals surface area contributed by atoms with Crippen LogP contribution in [-0.2, 0) is 4.74 Å². The Morgan fingerprint density at radius 1 is 1.36 bits per heavy atom. The van der Waals surface area contributed by atoms with Crippen molar-refractivity contribution in [3.63, 3.8) is 0 Å². The van der Waals surface area contributed by atoms with Crippen LogP contribution in [0, 0.1) is 0 Å². The van der Waals surface area contributed by atoms with Gasteiger partial charge in [0.25, 0.3) is 0 Å². The van der Waals surface area contributed by atoms with Crippen molar-refractivity contribution >= 4 is 11.7 Å². The minimum atomic E-state index is -0.364. The Labute approximate surface area is 82.8 Å². The SMILES string of the molecule is CNc1cc(OC)ccc1C(=O)OC. The molecule has 0 bridgehead atoms. The quantitative estimate of drug-likeness (QED) is 0.743. The molecule has 0 atom stereocenters. The van der Waals surface area contributed by atoms with Crippen molar-refractivity contribution in [3.05, 3.63) is 23.8 Å². The largest absolute Gasteiger partial charge is 0.497 e. The summed E-state index contributed by atoms with van der Waals surface area (Å²) in [6, 6.07) is 5.12. The molecule has 0 aliphatic carbocycles. The zero-order valence-electron chi connectivity index (χ0n) is 8.46. The first-order valence-electron chi connectivity index (χ1n) is 4.17. The van der Waals surface area contributed by atoms with Crippen molar-refractivity contribution in [1.29, 1.82) is 0 Å². The minimum Gasteiger partial charge on any atom is -0.497 e.